The molecule has 4 aromatic heterocycles. The number of hydrogen-bond acceptors (Lipinski definition) is 8. The van der Waals surface area contributed by atoms with E-state index >= 15 is 0 Å². The number of halogens is 9. The molecule has 5 aromatic rings. The Labute approximate surface area is 300 Å². The highest BCUT2D eigenvalue weighted by molar-refractivity contribution is 5.29. The first kappa shape index (κ1) is 45.9. The van der Waals surface area contributed by atoms with Crippen LogP contribution in [-0.2, 0) is 34.4 Å². The molecule has 12 nitrogen and oxygen atoms in total. The summed E-state index contributed by atoms with van der Waals surface area (Å²) in [7, 11) is 6.27. The summed E-state index contributed by atoms with van der Waals surface area (Å²) < 4.78 is 120. The van der Waals surface area contributed by atoms with Crippen molar-refractivity contribution in [3.63, 3.8) is 0 Å². The van der Waals surface area contributed by atoms with Crippen LogP contribution in [0.2, 0.25) is 0 Å². The van der Waals surface area contributed by atoms with Gasteiger partial charge in [-0.1, -0.05) is 6.07 Å². The second-order valence-corrected chi connectivity index (χ2v) is 11.2. The monoisotopic (exact) mass is 770 g/mol. The predicted molar refractivity (Wildman–Crippen MR) is 176 cm³/mol. The minimum atomic E-state index is -4.41. The zero-order chi connectivity index (χ0) is 41.0. The van der Waals surface area contributed by atoms with Gasteiger partial charge in [-0.25, -0.2) is 36.6 Å². The van der Waals surface area contributed by atoms with Crippen LogP contribution < -0.4 is 9.47 Å². The molecule has 5 rings (SSSR count). The minimum absolute atomic E-state index is 0.0810. The normalized spacial score (nSPS) is 10.8. The van der Waals surface area contributed by atoms with Crippen LogP contribution in [0, 0.1) is 67.0 Å². The molecule has 21 heteroatoms. The van der Waals surface area contributed by atoms with Crippen LogP contribution >= 0.6 is 0 Å². The number of aryl methyl sites for hydroxylation is 9. The summed E-state index contributed by atoms with van der Waals surface area (Å²) in [6.07, 6.45) is -6.86. The second-order valence-electron chi connectivity index (χ2n) is 11.2. The number of benzene rings is 1. The molecule has 1 aromatic carbocycles. The SMILES string of the molecule is Cc1c(F)cccc1F.Cc1nc(C(F)(F)F)n(C)n1.Cc1nn(C)c(OC(F)F)c1C.Cc1nn(C)c(OCC(F)F)c1C.Cc1nn(C)nc1C. The molecule has 0 fully saturated rings. The Morgan fingerprint density at radius 3 is 1.34 bits per heavy atom. The standard InChI is InChI=1S/C8H12F2N2O.C7H10F2N2O.C7H6F2.C5H6F3N3.C5H9N3/c1-5-6(2)11-12(3)8(5)13-4-7(9)10;1-4-5(2)10-11(3)6(4)12-7(8)9;1-5-6(8)3-2-4-7(5)9;1-3-9-4(5(6,7)8)11(2)10-3;1-4-5(2)7-8(3)6-4/h7H,4H2,1-3H3;7H,1-3H3;2-4H,1H3;1-2H3;1-3H3. The van der Waals surface area contributed by atoms with Crippen LogP contribution in [0.15, 0.2) is 18.2 Å². The molecular weight excluding hydrogens is 727 g/mol. The topological polar surface area (TPSA) is 116 Å². The molecule has 0 spiro atoms. The molecule has 0 aliphatic carbocycles. The fourth-order valence-corrected chi connectivity index (χ4v) is 4.02. The molecule has 53 heavy (non-hydrogen) atoms. The van der Waals surface area contributed by atoms with Crippen molar-refractivity contribution in [1.82, 2.24) is 49.3 Å². The third-order valence-electron chi connectivity index (χ3n) is 6.90. The first-order valence-corrected chi connectivity index (χ1v) is 15.4. The molecule has 0 amide bonds. The van der Waals surface area contributed by atoms with Crippen molar-refractivity contribution < 1.29 is 49.0 Å². The van der Waals surface area contributed by atoms with Crippen LogP contribution in [-0.4, -0.2) is 69.0 Å². The number of aromatic nitrogens is 10. The third-order valence-corrected chi connectivity index (χ3v) is 6.90. The van der Waals surface area contributed by atoms with Crippen molar-refractivity contribution in [2.24, 2.45) is 28.2 Å². The van der Waals surface area contributed by atoms with E-state index in [2.05, 4.69) is 35.2 Å². The van der Waals surface area contributed by atoms with E-state index in [1.54, 1.807) is 39.7 Å². The number of rotatable bonds is 5. The van der Waals surface area contributed by atoms with E-state index in [-0.39, 0.29) is 17.3 Å². The van der Waals surface area contributed by atoms with Gasteiger partial charge in [0.15, 0.2) is 6.61 Å². The van der Waals surface area contributed by atoms with Gasteiger partial charge in [0.2, 0.25) is 17.6 Å². The average Bonchev–Trinajstić information content (AvgIpc) is 3.70. The molecule has 296 valence electrons. The Bertz CT molecular complexity index is 1840. The molecule has 0 atom stereocenters. The Morgan fingerprint density at radius 2 is 1.08 bits per heavy atom. The van der Waals surface area contributed by atoms with Crippen LogP contribution in [0.25, 0.3) is 0 Å². The zero-order valence-electron chi connectivity index (χ0n) is 31.3. The maximum Gasteiger partial charge on any atom is 0.451 e. The third kappa shape index (κ3) is 14.8. The largest absolute Gasteiger partial charge is 0.472 e. The summed E-state index contributed by atoms with van der Waals surface area (Å²) in [6, 6.07) is 3.81. The highest BCUT2D eigenvalue weighted by Crippen LogP contribution is 2.27. The van der Waals surface area contributed by atoms with Crippen molar-refractivity contribution in [1.29, 1.82) is 0 Å². The molecule has 0 radical (unpaired) electrons. The lowest BCUT2D eigenvalue weighted by atomic mass is 10.2. The molecule has 0 saturated heterocycles. The fraction of sp³-hybridized carbons (Fsp3) is 0.500. The highest BCUT2D eigenvalue weighted by Gasteiger charge is 2.36. The number of hydrogen-bond donors (Lipinski definition) is 0. The molecule has 0 aliphatic heterocycles. The highest BCUT2D eigenvalue weighted by atomic mass is 19.4. The van der Waals surface area contributed by atoms with Gasteiger partial charge >= 0.3 is 12.8 Å². The molecule has 0 saturated carbocycles. The molecular formula is C32H43F9N10O2. The Hall–Kier alpha value is -5.11. The van der Waals surface area contributed by atoms with E-state index in [0.717, 1.165) is 27.3 Å². The second kappa shape index (κ2) is 20.2. The first-order chi connectivity index (χ1) is 24.4. The van der Waals surface area contributed by atoms with Gasteiger partial charge in [0.05, 0.1) is 22.8 Å². The molecule has 4 heterocycles. The van der Waals surface area contributed by atoms with Crippen LogP contribution in [0.5, 0.6) is 11.8 Å². The van der Waals surface area contributed by atoms with Crippen molar-refractivity contribution in [2.75, 3.05) is 6.61 Å². The lowest BCUT2D eigenvalue weighted by Gasteiger charge is -2.05. The predicted octanol–water partition coefficient (Wildman–Crippen LogP) is 7.17. The first-order valence-electron chi connectivity index (χ1n) is 15.4. The van der Waals surface area contributed by atoms with Crippen molar-refractivity contribution in [2.45, 2.75) is 74.6 Å². The maximum absolute atomic E-state index is 12.3. The van der Waals surface area contributed by atoms with E-state index in [0.29, 0.717) is 17.1 Å². The number of ether oxygens (including phenoxy) is 2. The average molecular weight is 771 g/mol. The van der Waals surface area contributed by atoms with E-state index < -0.39 is 43.3 Å². The van der Waals surface area contributed by atoms with Crippen molar-refractivity contribution in [3.05, 3.63) is 80.9 Å². The lowest BCUT2D eigenvalue weighted by Crippen LogP contribution is -2.13. The number of nitrogens with zero attached hydrogens (tertiary/aromatic N) is 10. The number of alkyl halides is 7. The van der Waals surface area contributed by atoms with Crippen molar-refractivity contribution in [3.8, 4) is 11.8 Å². The van der Waals surface area contributed by atoms with Gasteiger partial charge in [-0.2, -0.15) is 52.2 Å². The van der Waals surface area contributed by atoms with Gasteiger partial charge in [-0.05, 0) is 67.5 Å². The molecule has 0 aliphatic rings. The summed E-state index contributed by atoms with van der Waals surface area (Å²) >= 11 is 0. The van der Waals surface area contributed by atoms with Crippen molar-refractivity contribution >= 4 is 0 Å². The Morgan fingerprint density at radius 1 is 0.623 bits per heavy atom. The minimum Gasteiger partial charge on any atom is -0.472 e. The van der Waals surface area contributed by atoms with Gasteiger partial charge in [-0.3, -0.25) is 0 Å². The van der Waals surface area contributed by atoms with Gasteiger partial charge in [-0.15, -0.1) is 0 Å². The van der Waals surface area contributed by atoms with Crippen LogP contribution in [0.1, 0.15) is 51.1 Å². The fourth-order valence-electron chi connectivity index (χ4n) is 4.02. The van der Waals surface area contributed by atoms with E-state index in [1.165, 1.54) is 48.5 Å². The Kier molecular flexibility index (Phi) is 17.5. The summed E-state index contributed by atoms with van der Waals surface area (Å²) in [4.78, 5) is 4.78. The van der Waals surface area contributed by atoms with Crippen LogP contribution in [0.4, 0.5) is 39.5 Å². The Balaban J connectivity index is 0.000000334. The zero-order valence-corrected chi connectivity index (χ0v) is 31.3. The summed E-state index contributed by atoms with van der Waals surface area (Å²) in [5.41, 5.74) is 5.05. The molecule has 0 N–H and O–H groups in total. The van der Waals surface area contributed by atoms with Gasteiger partial charge in [0.1, 0.15) is 17.5 Å². The van der Waals surface area contributed by atoms with Gasteiger partial charge in [0.25, 0.3) is 6.43 Å². The summed E-state index contributed by atoms with van der Waals surface area (Å²) in [6.45, 7) is 10.4. The van der Waals surface area contributed by atoms with E-state index in [9.17, 15) is 39.5 Å². The van der Waals surface area contributed by atoms with Crippen LogP contribution in [0.3, 0.4) is 0 Å². The van der Waals surface area contributed by atoms with E-state index in [1.807, 2.05) is 27.8 Å². The smallest absolute Gasteiger partial charge is 0.451 e. The lowest BCUT2D eigenvalue weighted by molar-refractivity contribution is -0.147. The van der Waals surface area contributed by atoms with E-state index in [4.69, 9.17) is 4.74 Å². The van der Waals surface area contributed by atoms with Gasteiger partial charge in [0, 0.05) is 44.9 Å². The van der Waals surface area contributed by atoms with Gasteiger partial charge < -0.3 is 9.47 Å². The molecule has 0 bridgehead atoms. The summed E-state index contributed by atoms with van der Waals surface area (Å²) in [5, 5.41) is 19.5. The molecule has 0 unspecified atom stereocenters. The quantitative estimate of drug-likeness (QED) is 0.173. The summed E-state index contributed by atoms with van der Waals surface area (Å²) in [5.74, 6) is -1.28. The maximum atomic E-state index is 12.3.